The number of nitrogens with one attached hydrogen (secondary N) is 4. The molecule has 17 nitrogen and oxygen atoms in total. The van der Waals surface area contributed by atoms with Crippen molar-refractivity contribution in [1.82, 2.24) is 45.2 Å². The van der Waals surface area contributed by atoms with Gasteiger partial charge >= 0.3 is 5.97 Å². The van der Waals surface area contributed by atoms with Gasteiger partial charge < -0.3 is 40.8 Å². The molecule has 0 aliphatic carbocycles. The van der Waals surface area contributed by atoms with E-state index in [0.29, 0.717) is 89.1 Å². The van der Waals surface area contributed by atoms with Gasteiger partial charge in [0, 0.05) is 78.3 Å². The number of benzene rings is 3. The van der Waals surface area contributed by atoms with Crippen molar-refractivity contribution in [1.29, 1.82) is 0 Å². The Morgan fingerprint density at radius 3 is 2.37 bits per heavy atom. The van der Waals surface area contributed by atoms with Gasteiger partial charge in [-0.25, -0.2) is 9.37 Å². The van der Waals surface area contributed by atoms with Crippen LogP contribution in [0.1, 0.15) is 104 Å². The first-order valence-electron chi connectivity index (χ1n) is 24.4. The molecule has 2 atom stereocenters. The molecule has 3 amide bonds. The highest BCUT2D eigenvalue weighted by molar-refractivity contribution is 6.33. The average Bonchev–Trinajstić information content (AvgIpc) is 4.16. The van der Waals surface area contributed by atoms with Crippen molar-refractivity contribution in [3.8, 4) is 39.7 Å². The molecule has 6 N–H and O–H groups in total. The van der Waals surface area contributed by atoms with Crippen LogP contribution in [0.5, 0.6) is 11.5 Å². The third-order valence-corrected chi connectivity index (χ3v) is 13.7. The number of phenolic OH excluding ortho intramolecular Hbond substituents is 2. The molecule has 73 heavy (non-hydrogen) atoms. The number of aromatic amines is 1. The molecule has 2 aliphatic rings. The number of pyridine rings is 1. The summed E-state index contributed by atoms with van der Waals surface area (Å²) >= 11 is 12.8. The molecule has 2 saturated heterocycles. The van der Waals surface area contributed by atoms with E-state index >= 15 is 4.39 Å². The molecule has 3 aromatic carbocycles. The van der Waals surface area contributed by atoms with Gasteiger partial charge in [0.1, 0.15) is 35.4 Å². The van der Waals surface area contributed by atoms with Crippen molar-refractivity contribution >= 4 is 52.7 Å². The standard InChI is InChI=1S/C53H59Cl2FN10O7/c1-6-57-51(70)49-63-62-48(40-21-38(29(2)3)45(67)23-46(40)68)66(49)37-11-10-33(42(56)20-37)26-64-15-12-31(13-16-64)52(71)65-17-14-34(27-65)53(72)73-28-44(32-8-7-9-36(54)18-32)61-50(69)43-19-35(24-58-43)39-22-47(60-30(4)5)59-25-41(39)55/h7-11,18-25,29-31,34,44,58,67-68H,6,12-17,26-28H2,1-5H3,(H,57,70)(H,59,60)(H,61,69). The van der Waals surface area contributed by atoms with E-state index in [1.54, 1.807) is 72.7 Å². The van der Waals surface area contributed by atoms with Gasteiger partial charge in [0.15, 0.2) is 5.82 Å². The first-order chi connectivity index (χ1) is 35.0. The average molecular weight is 1040 g/mol. The number of phenols is 2. The van der Waals surface area contributed by atoms with Crippen LogP contribution in [0.25, 0.3) is 28.2 Å². The third-order valence-electron chi connectivity index (χ3n) is 13.1. The number of esters is 1. The minimum absolute atomic E-state index is 0.0341. The fraction of sp³-hybridized carbons (Fsp3) is 0.377. The zero-order chi connectivity index (χ0) is 52.1. The molecule has 0 spiro atoms. The smallest absolute Gasteiger partial charge is 0.310 e. The number of rotatable bonds is 17. The van der Waals surface area contributed by atoms with Gasteiger partial charge in [-0.2, -0.15) is 0 Å². The van der Waals surface area contributed by atoms with Crippen LogP contribution in [0.4, 0.5) is 10.2 Å². The van der Waals surface area contributed by atoms with Crippen molar-refractivity contribution in [2.24, 2.45) is 11.8 Å². The highest BCUT2D eigenvalue weighted by atomic mass is 35.5. The monoisotopic (exact) mass is 1040 g/mol. The van der Waals surface area contributed by atoms with Gasteiger partial charge in [-0.1, -0.05) is 55.2 Å². The van der Waals surface area contributed by atoms with Crippen LogP contribution in [0.2, 0.25) is 10.0 Å². The molecule has 20 heteroatoms. The number of ether oxygens (including phenoxy) is 1. The molecular weight excluding hydrogens is 979 g/mol. The maximum absolute atomic E-state index is 16.1. The molecule has 2 aliphatic heterocycles. The number of carbonyl (C=O) groups excluding carboxylic acids is 4. The number of nitrogens with zero attached hydrogens (tertiary/aromatic N) is 6. The number of aromatic nitrogens is 5. The summed E-state index contributed by atoms with van der Waals surface area (Å²) in [6.45, 7) is 11.6. The van der Waals surface area contributed by atoms with Gasteiger partial charge in [-0.3, -0.25) is 28.6 Å². The first-order valence-corrected chi connectivity index (χ1v) is 25.2. The van der Waals surface area contributed by atoms with Crippen molar-refractivity contribution in [2.45, 2.75) is 78.4 Å². The van der Waals surface area contributed by atoms with Crippen LogP contribution < -0.4 is 16.0 Å². The molecule has 0 bridgehead atoms. The normalized spacial score (nSPS) is 15.7. The maximum atomic E-state index is 16.1. The Morgan fingerprint density at radius 2 is 1.66 bits per heavy atom. The highest BCUT2D eigenvalue weighted by Crippen LogP contribution is 2.39. The molecule has 2 fully saturated rings. The fourth-order valence-electron chi connectivity index (χ4n) is 9.30. The summed E-state index contributed by atoms with van der Waals surface area (Å²) in [5.41, 5.74) is 3.70. The third kappa shape index (κ3) is 12.1. The molecule has 5 heterocycles. The van der Waals surface area contributed by atoms with Gasteiger partial charge in [0.25, 0.3) is 11.8 Å². The van der Waals surface area contributed by atoms with E-state index in [1.807, 2.05) is 33.8 Å². The van der Waals surface area contributed by atoms with E-state index in [2.05, 4.69) is 41.0 Å². The van der Waals surface area contributed by atoms with Crippen LogP contribution in [0, 0.1) is 17.7 Å². The van der Waals surface area contributed by atoms with E-state index in [-0.39, 0.29) is 83.6 Å². The van der Waals surface area contributed by atoms with E-state index in [4.69, 9.17) is 27.9 Å². The Hall–Kier alpha value is -7.02. The van der Waals surface area contributed by atoms with E-state index in [0.717, 1.165) is 0 Å². The van der Waals surface area contributed by atoms with Crippen molar-refractivity contribution in [3.05, 3.63) is 123 Å². The van der Waals surface area contributed by atoms with Crippen molar-refractivity contribution in [3.63, 3.8) is 0 Å². The van der Waals surface area contributed by atoms with Gasteiger partial charge in [-0.05, 0) is 113 Å². The Bertz CT molecular complexity index is 3010. The van der Waals surface area contributed by atoms with Crippen LogP contribution in [-0.4, -0.2) is 114 Å². The van der Waals surface area contributed by atoms with Crippen LogP contribution in [0.15, 0.2) is 79.1 Å². The largest absolute Gasteiger partial charge is 0.508 e. The summed E-state index contributed by atoms with van der Waals surface area (Å²) < 4.78 is 23.3. The fourth-order valence-corrected chi connectivity index (χ4v) is 9.71. The second kappa shape index (κ2) is 22.8. The summed E-state index contributed by atoms with van der Waals surface area (Å²) in [4.78, 5) is 65.4. The summed E-state index contributed by atoms with van der Waals surface area (Å²) in [5, 5.41) is 39.5. The molecular formula is C53H59Cl2FN10O7. The molecule has 6 aromatic rings. The summed E-state index contributed by atoms with van der Waals surface area (Å²) in [7, 11) is 0. The lowest BCUT2D eigenvalue weighted by Gasteiger charge is -2.33. The predicted molar refractivity (Wildman–Crippen MR) is 275 cm³/mol. The number of amides is 3. The van der Waals surface area contributed by atoms with Gasteiger partial charge in [0.2, 0.25) is 11.7 Å². The van der Waals surface area contributed by atoms with Gasteiger partial charge in [0.05, 0.1) is 28.2 Å². The number of aromatic hydroxyl groups is 2. The number of piperidine rings is 1. The van der Waals surface area contributed by atoms with E-state index < -0.39 is 35.6 Å². The first kappa shape index (κ1) is 52.3. The Balaban J connectivity index is 0.860. The van der Waals surface area contributed by atoms with E-state index in [1.165, 1.54) is 16.7 Å². The number of hydrogen-bond donors (Lipinski definition) is 6. The Morgan fingerprint density at radius 1 is 0.890 bits per heavy atom. The number of hydrogen-bond acceptors (Lipinski definition) is 12. The quantitative estimate of drug-likeness (QED) is 0.0473. The minimum Gasteiger partial charge on any atom is -0.508 e. The number of carbonyl (C=O) groups is 4. The number of anilines is 1. The van der Waals surface area contributed by atoms with E-state index in [9.17, 15) is 29.4 Å². The molecule has 2 unspecified atom stereocenters. The molecule has 384 valence electrons. The van der Waals surface area contributed by atoms with Crippen LogP contribution in [0.3, 0.4) is 0 Å². The second-order valence-electron chi connectivity index (χ2n) is 19.1. The summed E-state index contributed by atoms with van der Waals surface area (Å²) in [5.74, 6) is -2.68. The molecule has 0 radical (unpaired) electrons. The summed E-state index contributed by atoms with van der Waals surface area (Å²) in [6, 6.07) is 17.2. The Labute approximate surface area is 432 Å². The zero-order valence-electron chi connectivity index (χ0n) is 41.2. The molecule has 8 rings (SSSR count). The molecule has 3 aromatic heterocycles. The van der Waals surface area contributed by atoms with Gasteiger partial charge in [-0.15, -0.1) is 10.2 Å². The van der Waals surface area contributed by atoms with Crippen molar-refractivity contribution < 1.29 is 38.5 Å². The highest BCUT2D eigenvalue weighted by Gasteiger charge is 2.37. The SMILES string of the molecule is CCNC(=O)c1nnc(-c2cc(C(C)C)c(O)cc2O)n1-c1ccc(CN2CCC(C(=O)N3CCC(C(=O)OCC(NC(=O)c4cc(-c5cc(NC(C)C)ncc5Cl)c[nH]4)c4cccc(Cl)c4)C3)CC2)c(F)c1. The lowest BCUT2D eigenvalue weighted by Crippen LogP contribution is -2.42. The predicted octanol–water partition coefficient (Wildman–Crippen LogP) is 8.65. The van der Waals surface area contributed by atoms with Crippen LogP contribution in [-0.2, 0) is 20.9 Å². The minimum atomic E-state index is -0.748. The number of halogens is 3. The lowest BCUT2D eigenvalue weighted by molar-refractivity contribution is -0.149. The lowest BCUT2D eigenvalue weighted by atomic mass is 9.95. The maximum Gasteiger partial charge on any atom is 0.310 e. The zero-order valence-corrected chi connectivity index (χ0v) is 42.7. The van der Waals surface area contributed by atoms with Crippen molar-refractivity contribution in [2.75, 3.05) is 44.6 Å². The Kier molecular flexibility index (Phi) is 16.3. The number of H-pyrrole nitrogens is 1. The molecule has 0 saturated carbocycles. The number of likely N-dealkylation sites (tertiary alicyclic amines) is 2. The second-order valence-corrected chi connectivity index (χ2v) is 19.9. The topological polar surface area (TPSA) is 220 Å². The summed E-state index contributed by atoms with van der Waals surface area (Å²) in [6.07, 6.45) is 4.77. The van der Waals surface area contributed by atoms with Crippen LogP contribution >= 0.6 is 23.2 Å².